The van der Waals surface area contributed by atoms with Gasteiger partial charge in [0.2, 0.25) is 5.91 Å². The summed E-state index contributed by atoms with van der Waals surface area (Å²) in [6.45, 7) is 1.70. The van der Waals surface area contributed by atoms with Crippen molar-refractivity contribution in [1.29, 1.82) is 5.26 Å². The number of benzene rings is 2. The van der Waals surface area contributed by atoms with Crippen LogP contribution in [0.4, 0.5) is 11.5 Å². The molecule has 0 saturated heterocycles. The minimum atomic E-state index is -3.83. The van der Waals surface area contributed by atoms with Crippen LogP contribution in [0.25, 0.3) is 11.3 Å². The molecule has 4 aromatic rings. The lowest BCUT2D eigenvalue weighted by atomic mass is 10.1. The van der Waals surface area contributed by atoms with Crippen LogP contribution >= 0.6 is 23.4 Å². The van der Waals surface area contributed by atoms with Crippen LogP contribution < -0.4 is 10.0 Å². The minimum Gasteiger partial charge on any atom is -0.325 e. The molecule has 0 bridgehead atoms. The highest BCUT2D eigenvalue weighted by Crippen LogP contribution is 2.29. The average Bonchev–Trinajstić information content (AvgIpc) is 2.89. The maximum Gasteiger partial charge on any atom is 0.263 e. The number of hydrogen-bond acceptors (Lipinski definition) is 7. The maximum absolute atomic E-state index is 12.8. The van der Waals surface area contributed by atoms with Gasteiger partial charge in [0, 0.05) is 22.5 Å². The number of amides is 1. The quantitative estimate of drug-likeness (QED) is 0.274. The van der Waals surface area contributed by atoms with Crippen LogP contribution in [-0.2, 0) is 14.8 Å². The number of halogens is 1. The Balaban J connectivity index is 1.44. The monoisotopic (exact) mass is 549 g/mol. The molecule has 1 atom stereocenters. The molecule has 0 radical (unpaired) electrons. The van der Waals surface area contributed by atoms with Gasteiger partial charge in [0.25, 0.3) is 10.0 Å². The number of aromatic nitrogens is 2. The number of rotatable bonds is 8. The fourth-order valence-corrected chi connectivity index (χ4v) is 5.23. The molecule has 0 aliphatic rings. The molecule has 0 saturated carbocycles. The van der Waals surface area contributed by atoms with Crippen LogP contribution in [0.1, 0.15) is 12.5 Å². The van der Waals surface area contributed by atoms with E-state index in [1.54, 1.807) is 49.4 Å². The Bertz CT molecular complexity index is 1560. The summed E-state index contributed by atoms with van der Waals surface area (Å²) in [7, 11) is -3.83. The maximum atomic E-state index is 12.8. The lowest BCUT2D eigenvalue weighted by molar-refractivity contribution is -0.115. The first-order chi connectivity index (χ1) is 17.7. The third kappa shape index (κ3) is 6.65. The number of pyridine rings is 2. The van der Waals surface area contributed by atoms with Crippen molar-refractivity contribution in [1.82, 2.24) is 9.97 Å². The van der Waals surface area contributed by atoms with Gasteiger partial charge in [-0.3, -0.25) is 9.52 Å². The average molecular weight is 550 g/mol. The third-order valence-electron chi connectivity index (χ3n) is 5.11. The molecule has 0 aliphatic heterocycles. The van der Waals surface area contributed by atoms with Gasteiger partial charge in [-0.25, -0.2) is 18.4 Å². The molecule has 2 aromatic heterocycles. The summed E-state index contributed by atoms with van der Waals surface area (Å²) >= 11 is 7.12. The fourth-order valence-electron chi connectivity index (χ4n) is 3.20. The summed E-state index contributed by atoms with van der Waals surface area (Å²) in [5.41, 5.74) is 2.28. The van der Waals surface area contributed by atoms with Gasteiger partial charge in [0.15, 0.2) is 0 Å². The topological polar surface area (TPSA) is 125 Å². The number of nitrogens with zero attached hydrogens (tertiary/aromatic N) is 3. The second-order valence-corrected chi connectivity index (χ2v) is 11.2. The van der Waals surface area contributed by atoms with Crippen molar-refractivity contribution in [3.05, 3.63) is 95.6 Å². The predicted octanol–water partition coefficient (Wildman–Crippen LogP) is 5.59. The van der Waals surface area contributed by atoms with E-state index in [2.05, 4.69) is 26.1 Å². The standard InChI is InChI=1S/C26H20ClN5O3S2/c1-17(36-26-19(16-28)7-14-23(31-26)18-5-8-20(27)9-6-18)25(33)30-21-10-12-22(13-11-21)37(34,35)32-24-4-2-3-15-29-24/h2-15,17H,1H3,(H,29,32)(H,30,33). The molecule has 4 rings (SSSR count). The van der Waals surface area contributed by atoms with E-state index in [1.807, 2.05) is 12.1 Å². The van der Waals surface area contributed by atoms with E-state index in [-0.39, 0.29) is 16.6 Å². The Morgan fingerprint density at radius 2 is 1.76 bits per heavy atom. The number of nitrogens with one attached hydrogen (secondary N) is 2. The molecule has 2 aromatic carbocycles. The number of carbonyl (C=O) groups excluding carboxylic acids is 1. The van der Waals surface area contributed by atoms with Crippen molar-refractivity contribution in [2.75, 3.05) is 10.0 Å². The van der Waals surface area contributed by atoms with E-state index in [0.29, 0.717) is 27.0 Å². The Kier molecular flexibility index (Phi) is 8.08. The Morgan fingerprint density at radius 3 is 2.41 bits per heavy atom. The van der Waals surface area contributed by atoms with Gasteiger partial charge >= 0.3 is 0 Å². The molecule has 0 spiro atoms. The normalized spacial score (nSPS) is 11.8. The number of sulfonamides is 1. The highest BCUT2D eigenvalue weighted by atomic mass is 35.5. The second kappa shape index (κ2) is 11.4. The number of nitriles is 1. The Hall–Kier alpha value is -3.91. The third-order valence-corrected chi connectivity index (χ3v) is 7.84. The largest absolute Gasteiger partial charge is 0.325 e. The van der Waals surface area contributed by atoms with Gasteiger partial charge in [-0.15, -0.1) is 0 Å². The second-order valence-electron chi connectivity index (χ2n) is 7.76. The molecule has 2 N–H and O–H groups in total. The highest BCUT2D eigenvalue weighted by molar-refractivity contribution is 8.00. The Morgan fingerprint density at radius 1 is 1.03 bits per heavy atom. The molecule has 8 nitrogen and oxygen atoms in total. The lowest BCUT2D eigenvalue weighted by Crippen LogP contribution is -2.22. The molecule has 0 fully saturated rings. The molecule has 11 heteroatoms. The molecule has 37 heavy (non-hydrogen) atoms. The molecule has 1 amide bonds. The van der Waals surface area contributed by atoms with Crippen molar-refractivity contribution in [3.63, 3.8) is 0 Å². The number of anilines is 2. The van der Waals surface area contributed by atoms with Gasteiger partial charge < -0.3 is 5.32 Å². The van der Waals surface area contributed by atoms with Gasteiger partial charge in [0.05, 0.1) is 21.4 Å². The first-order valence-electron chi connectivity index (χ1n) is 10.9. The highest BCUT2D eigenvalue weighted by Gasteiger charge is 2.19. The summed E-state index contributed by atoms with van der Waals surface area (Å²) in [5.74, 6) is -0.119. The lowest BCUT2D eigenvalue weighted by Gasteiger charge is -2.14. The van der Waals surface area contributed by atoms with Crippen LogP contribution in [0.3, 0.4) is 0 Å². The van der Waals surface area contributed by atoms with Crippen LogP contribution in [0.2, 0.25) is 5.02 Å². The van der Waals surface area contributed by atoms with Crippen LogP contribution in [0, 0.1) is 11.3 Å². The first-order valence-corrected chi connectivity index (χ1v) is 13.7. The van der Waals surface area contributed by atoms with E-state index >= 15 is 0 Å². The van der Waals surface area contributed by atoms with Crippen LogP contribution in [0.5, 0.6) is 0 Å². The molecule has 1 unspecified atom stereocenters. The van der Waals surface area contributed by atoms with Crippen molar-refractivity contribution in [2.24, 2.45) is 0 Å². The molecule has 0 aliphatic carbocycles. The number of thioether (sulfide) groups is 1. The van der Waals surface area contributed by atoms with Gasteiger partial charge in [0.1, 0.15) is 16.9 Å². The zero-order chi connectivity index (χ0) is 26.4. The van der Waals surface area contributed by atoms with Gasteiger partial charge in [-0.05, 0) is 67.6 Å². The summed E-state index contributed by atoms with van der Waals surface area (Å²) < 4.78 is 27.5. The van der Waals surface area contributed by atoms with Crippen molar-refractivity contribution in [2.45, 2.75) is 22.1 Å². The zero-order valence-corrected chi connectivity index (χ0v) is 21.8. The summed E-state index contributed by atoms with van der Waals surface area (Å²) in [4.78, 5) is 21.4. The molecule has 186 valence electrons. The first kappa shape index (κ1) is 26.2. The van der Waals surface area contributed by atoms with Crippen LogP contribution in [0.15, 0.2) is 95.0 Å². The van der Waals surface area contributed by atoms with E-state index in [4.69, 9.17) is 11.6 Å². The Labute approximate surface area is 223 Å². The minimum absolute atomic E-state index is 0.0282. The summed E-state index contributed by atoms with van der Waals surface area (Å²) in [6.07, 6.45) is 1.48. The van der Waals surface area contributed by atoms with Crippen LogP contribution in [-0.4, -0.2) is 29.5 Å². The van der Waals surface area contributed by atoms with E-state index in [1.165, 1.54) is 30.5 Å². The molecular formula is C26H20ClN5O3S2. The van der Waals surface area contributed by atoms with E-state index in [9.17, 15) is 18.5 Å². The number of hydrogen-bond donors (Lipinski definition) is 2. The molecule has 2 heterocycles. The smallest absolute Gasteiger partial charge is 0.263 e. The van der Waals surface area contributed by atoms with Crippen molar-refractivity contribution in [3.8, 4) is 17.3 Å². The predicted molar refractivity (Wildman–Crippen MR) is 145 cm³/mol. The SMILES string of the molecule is CC(Sc1nc(-c2ccc(Cl)cc2)ccc1C#N)C(=O)Nc1ccc(S(=O)(=O)Nc2ccccn2)cc1. The summed E-state index contributed by atoms with van der Waals surface area (Å²) in [6, 6.07) is 23.4. The fraction of sp³-hybridized carbons (Fsp3) is 0.0769. The van der Waals surface area contributed by atoms with Gasteiger partial charge in [-0.1, -0.05) is 41.6 Å². The molecular weight excluding hydrogens is 530 g/mol. The van der Waals surface area contributed by atoms with Crippen molar-refractivity contribution >= 4 is 50.8 Å². The van der Waals surface area contributed by atoms with E-state index in [0.717, 1.165) is 17.3 Å². The number of carbonyl (C=O) groups is 1. The summed E-state index contributed by atoms with van der Waals surface area (Å²) in [5, 5.41) is 12.7. The van der Waals surface area contributed by atoms with Gasteiger partial charge in [-0.2, -0.15) is 5.26 Å². The van der Waals surface area contributed by atoms with E-state index < -0.39 is 15.3 Å². The zero-order valence-electron chi connectivity index (χ0n) is 19.4. The van der Waals surface area contributed by atoms with Crippen molar-refractivity contribution < 1.29 is 13.2 Å².